The van der Waals surface area contributed by atoms with Gasteiger partial charge in [-0.3, -0.25) is 0 Å². The van der Waals surface area contributed by atoms with Crippen molar-refractivity contribution in [1.29, 1.82) is 0 Å². The summed E-state index contributed by atoms with van der Waals surface area (Å²) in [4.78, 5) is 0. The van der Waals surface area contributed by atoms with Crippen LogP contribution in [0, 0.1) is 0 Å². The molecule has 0 aliphatic carbocycles. The summed E-state index contributed by atoms with van der Waals surface area (Å²) in [5, 5.41) is 20.6. The average molecular weight is 672 g/mol. The summed E-state index contributed by atoms with van der Waals surface area (Å²) in [6, 6.07) is 10.5. The van der Waals surface area contributed by atoms with Crippen LogP contribution in [-0.2, 0) is 30.8 Å². The summed E-state index contributed by atoms with van der Waals surface area (Å²) >= 11 is 24.1. The van der Waals surface area contributed by atoms with Crippen LogP contribution in [0.3, 0.4) is 0 Å². The maximum absolute atomic E-state index is 9.45. The number of aliphatic hydroxyl groups is 1. The first kappa shape index (κ1) is 35.0. The Morgan fingerprint density at radius 2 is 1.05 bits per heavy atom. The molecule has 0 fully saturated rings. The average Bonchev–Trinajstić information content (AvgIpc) is 3.45. The molecule has 0 bridgehead atoms. The summed E-state index contributed by atoms with van der Waals surface area (Å²) in [6.45, 7) is 12.5. The van der Waals surface area contributed by atoms with Crippen LogP contribution in [0.5, 0.6) is 23.3 Å². The molecule has 12 heteroatoms. The quantitative estimate of drug-likeness (QED) is 0.171. The molecular formula is C31H38Cl4N4O4. The van der Waals surface area contributed by atoms with Crippen LogP contribution in [0.25, 0.3) is 0 Å². The van der Waals surface area contributed by atoms with E-state index < -0.39 is 0 Å². The first-order chi connectivity index (χ1) is 20.4. The Morgan fingerprint density at radius 1 is 0.674 bits per heavy atom. The lowest BCUT2D eigenvalue weighted by molar-refractivity contribution is 0.180. The highest BCUT2D eigenvalue weighted by atomic mass is 35.5. The van der Waals surface area contributed by atoms with Crippen LogP contribution in [0.2, 0.25) is 20.1 Å². The van der Waals surface area contributed by atoms with Crippen LogP contribution in [0.1, 0.15) is 76.1 Å². The predicted molar refractivity (Wildman–Crippen MR) is 174 cm³/mol. The van der Waals surface area contributed by atoms with Crippen LogP contribution < -0.4 is 9.47 Å². The second-order valence-electron chi connectivity index (χ2n) is 10.3. The molecule has 4 aromatic rings. The first-order valence-electron chi connectivity index (χ1n) is 14.0. The molecule has 0 unspecified atom stereocenters. The van der Waals surface area contributed by atoms with Crippen molar-refractivity contribution in [2.75, 3.05) is 7.11 Å². The smallest absolute Gasteiger partial charge is 0.221 e. The molecule has 0 radical (unpaired) electrons. The fraction of sp³-hybridized carbons (Fsp3) is 0.419. The zero-order chi connectivity index (χ0) is 31.8. The molecule has 2 aromatic carbocycles. The molecule has 0 saturated heterocycles. The monoisotopic (exact) mass is 670 g/mol. The predicted octanol–water partition coefficient (Wildman–Crippen LogP) is 9.89. The van der Waals surface area contributed by atoms with E-state index >= 15 is 0 Å². The lowest BCUT2D eigenvalue weighted by atomic mass is 10.2. The van der Waals surface area contributed by atoms with E-state index in [1.54, 1.807) is 48.2 Å². The fourth-order valence-corrected chi connectivity index (χ4v) is 5.41. The number of benzene rings is 2. The van der Waals surface area contributed by atoms with E-state index in [2.05, 4.69) is 31.0 Å². The van der Waals surface area contributed by atoms with Crippen molar-refractivity contribution in [3.05, 3.63) is 79.0 Å². The number of aliphatic hydroxyl groups excluding tert-OH is 1. The van der Waals surface area contributed by atoms with Gasteiger partial charge in [0.05, 0.1) is 36.7 Å². The Kier molecular flexibility index (Phi) is 13.1. The highest BCUT2D eigenvalue weighted by Gasteiger charge is 2.21. The highest BCUT2D eigenvalue weighted by molar-refractivity contribution is 6.35. The van der Waals surface area contributed by atoms with E-state index in [9.17, 15) is 5.11 Å². The second kappa shape index (κ2) is 16.0. The third-order valence-electron chi connectivity index (χ3n) is 6.30. The van der Waals surface area contributed by atoms with Gasteiger partial charge < -0.3 is 19.3 Å². The zero-order valence-electron chi connectivity index (χ0n) is 25.4. The van der Waals surface area contributed by atoms with E-state index in [-0.39, 0.29) is 18.7 Å². The molecule has 8 nitrogen and oxygen atoms in total. The molecule has 234 valence electrons. The fourth-order valence-electron chi connectivity index (χ4n) is 4.40. The minimum absolute atomic E-state index is 0.111. The van der Waals surface area contributed by atoms with Crippen molar-refractivity contribution in [3.63, 3.8) is 0 Å². The Balaban J connectivity index is 0.000000236. The number of halogens is 4. The van der Waals surface area contributed by atoms with Crippen LogP contribution in [0.4, 0.5) is 0 Å². The SMILES string of the molecule is CCc1c(CO)nn(C(C)C)c1Oc1cc(Cl)cc(Cl)c1.CCc1c(COC)nn(C(C)C)c1Oc1cc(Cl)cc(Cl)c1. The molecule has 0 spiro atoms. The van der Waals surface area contributed by atoms with Gasteiger partial charge >= 0.3 is 0 Å². The number of hydrogen-bond acceptors (Lipinski definition) is 6. The first-order valence-corrected chi connectivity index (χ1v) is 15.5. The lowest BCUT2D eigenvalue weighted by Gasteiger charge is -2.13. The largest absolute Gasteiger partial charge is 0.439 e. The number of ether oxygens (including phenoxy) is 3. The number of hydrogen-bond donors (Lipinski definition) is 1. The molecule has 0 amide bonds. The summed E-state index contributed by atoms with van der Waals surface area (Å²) < 4.78 is 20.9. The minimum Gasteiger partial charge on any atom is -0.439 e. The Labute approximate surface area is 273 Å². The van der Waals surface area contributed by atoms with Gasteiger partial charge in [-0.2, -0.15) is 10.2 Å². The molecule has 0 atom stereocenters. The molecule has 2 heterocycles. The lowest BCUT2D eigenvalue weighted by Crippen LogP contribution is -2.05. The van der Waals surface area contributed by atoms with Crippen molar-refractivity contribution >= 4 is 46.4 Å². The van der Waals surface area contributed by atoms with Gasteiger partial charge in [0.15, 0.2) is 0 Å². The summed E-state index contributed by atoms with van der Waals surface area (Å²) in [7, 11) is 1.66. The molecule has 1 N–H and O–H groups in total. The van der Waals surface area contributed by atoms with Gasteiger partial charge in [-0.25, -0.2) is 9.36 Å². The van der Waals surface area contributed by atoms with E-state index in [0.29, 0.717) is 62.1 Å². The summed E-state index contributed by atoms with van der Waals surface area (Å²) in [6.07, 6.45) is 1.52. The van der Waals surface area contributed by atoms with Gasteiger partial charge in [-0.05, 0) is 76.9 Å². The minimum atomic E-state index is -0.116. The third kappa shape index (κ3) is 9.03. The van der Waals surface area contributed by atoms with Gasteiger partial charge in [-0.1, -0.05) is 60.3 Å². The molecule has 2 aromatic heterocycles. The molecular weight excluding hydrogens is 634 g/mol. The number of methoxy groups -OCH3 is 1. The van der Waals surface area contributed by atoms with Crippen molar-refractivity contribution in [2.45, 2.75) is 79.7 Å². The normalized spacial score (nSPS) is 11.2. The van der Waals surface area contributed by atoms with E-state index in [1.165, 1.54) is 0 Å². The summed E-state index contributed by atoms with van der Waals surface area (Å²) in [5.41, 5.74) is 3.45. The topological polar surface area (TPSA) is 83.6 Å². The Bertz CT molecular complexity index is 1480. The van der Waals surface area contributed by atoms with Gasteiger partial charge in [0.25, 0.3) is 0 Å². The van der Waals surface area contributed by atoms with Crippen molar-refractivity contribution < 1.29 is 19.3 Å². The number of rotatable bonds is 11. The maximum Gasteiger partial charge on any atom is 0.221 e. The van der Waals surface area contributed by atoms with Gasteiger partial charge in [0.2, 0.25) is 11.8 Å². The highest BCUT2D eigenvalue weighted by Crippen LogP contribution is 2.35. The zero-order valence-corrected chi connectivity index (χ0v) is 28.4. The van der Waals surface area contributed by atoms with E-state index in [1.807, 2.05) is 25.5 Å². The molecule has 0 aliphatic heterocycles. The van der Waals surface area contributed by atoms with Gasteiger partial charge in [0, 0.05) is 38.3 Å². The standard InChI is InChI=1S/C16H20Cl2N2O2.C15H18Cl2N2O2/c1-5-14-15(9-21-4)19-20(10(2)3)16(14)22-13-7-11(17)6-12(18)8-13;1-4-13-14(8-20)18-19(9(2)3)15(13)21-12-6-10(16)5-11(17)7-12/h6-8,10H,5,9H2,1-4H3;5-7,9,20H,4,8H2,1-3H3. The van der Waals surface area contributed by atoms with Crippen molar-refractivity contribution in [3.8, 4) is 23.3 Å². The van der Waals surface area contributed by atoms with Gasteiger partial charge in [0.1, 0.15) is 11.5 Å². The third-order valence-corrected chi connectivity index (χ3v) is 7.18. The second-order valence-corrected chi connectivity index (χ2v) is 12.0. The molecule has 0 saturated carbocycles. The molecule has 0 aliphatic rings. The number of nitrogens with zero attached hydrogens (tertiary/aromatic N) is 4. The molecule has 43 heavy (non-hydrogen) atoms. The van der Waals surface area contributed by atoms with Crippen LogP contribution in [0.15, 0.2) is 36.4 Å². The Morgan fingerprint density at radius 3 is 1.37 bits per heavy atom. The Hall–Kier alpha value is -2.46. The molecule has 4 rings (SSSR count). The number of aromatic nitrogens is 4. The van der Waals surface area contributed by atoms with Crippen LogP contribution in [-0.4, -0.2) is 31.8 Å². The van der Waals surface area contributed by atoms with Gasteiger partial charge in [-0.15, -0.1) is 0 Å². The van der Waals surface area contributed by atoms with Crippen LogP contribution >= 0.6 is 46.4 Å². The van der Waals surface area contributed by atoms with Crippen molar-refractivity contribution in [2.24, 2.45) is 0 Å². The summed E-state index contributed by atoms with van der Waals surface area (Å²) in [5.74, 6) is 2.48. The van der Waals surface area contributed by atoms with E-state index in [0.717, 1.165) is 23.2 Å². The van der Waals surface area contributed by atoms with E-state index in [4.69, 9.17) is 60.6 Å². The maximum atomic E-state index is 9.45. The van der Waals surface area contributed by atoms with Crippen molar-refractivity contribution in [1.82, 2.24) is 19.6 Å².